The Hall–Kier alpha value is -4.57. The molecular weight excluding hydrogens is 520 g/mol. The molecule has 1 aliphatic heterocycles. The van der Waals surface area contributed by atoms with Gasteiger partial charge in [0, 0.05) is 24.7 Å². The summed E-state index contributed by atoms with van der Waals surface area (Å²) in [6.45, 7) is 3.07. The molecule has 8 nitrogen and oxygen atoms in total. The third-order valence-corrected chi connectivity index (χ3v) is 6.90. The number of pyridine rings is 1. The van der Waals surface area contributed by atoms with Crippen molar-refractivity contribution in [2.75, 3.05) is 6.61 Å². The smallest absolute Gasteiger partial charge is 0.335 e. The maximum absolute atomic E-state index is 15.4. The summed E-state index contributed by atoms with van der Waals surface area (Å²) in [4.78, 5) is 20.5. The van der Waals surface area contributed by atoms with Crippen LogP contribution in [0.2, 0.25) is 0 Å². The molecule has 1 fully saturated rings. The number of nitrogens with zero attached hydrogens (tertiary/aromatic N) is 3. The van der Waals surface area contributed by atoms with Gasteiger partial charge in [-0.1, -0.05) is 6.07 Å². The van der Waals surface area contributed by atoms with Crippen molar-refractivity contribution in [3.8, 4) is 17.1 Å². The largest absolute Gasteiger partial charge is 0.478 e. The van der Waals surface area contributed by atoms with Crippen LogP contribution < -0.4 is 4.74 Å². The zero-order valence-electron chi connectivity index (χ0n) is 21.6. The standard InChI is InChI=1S/C30H25F2N3O5/c1-17-5-7-21(40-17)16-39-29-4-2-3-25(34-29)22-14-23(31)19(11-24(22)32)13-28-33-26-8-6-18(30(36)37)12-27(26)35(28)15-20-9-10-38-20/h2-8,11-12,14,20H,9-10,13,15-16H2,1H3,(H,36,37)/t20-/m0/s1. The number of aromatic nitrogens is 3. The number of carboxylic acids is 1. The summed E-state index contributed by atoms with van der Waals surface area (Å²) in [7, 11) is 0. The van der Waals surface area contributed by atoms with Crippen molar-refractivity contribution >= 4 is 17.0 Å². The van der Waals surface area contributed by atoms with E-state index in [2.05, 4.69) is 9.97 Å². The molecule has 2 aromatic carbocycles. The van der Waals surface area contributed by atoms with E-state index >= 15 is 8.78 Å². The van der Waals surface area contributed by atoms with Crippen LogP contribution in [0.1, 0.15) is 39.7 Å². The highest BCUT2D eigenvalue weighted by molar-refractivity contribution is 5.92. The molecule has 0 unspecified atom stereocenters. The van der Waals surface area contributed by atoms with Crippen molar-refractivity contribution in [1.29, 1.82) is 0 Å². The van der Waals surface area contributed by atoms with Gasteiger partial charge in [-0.15, -0.1) is 0 Å². The van der Waals surface area contributed by atoms with E-state index < -0.39 is 17.6 Å². The normalized spacial score (nSPS) is 14.8. The molecule has 0 aliphatic carbocycles. The van der Waals surface area contributed by atoms with Gasteiger partial charge in [-0.05, 0) is 67.4 Å². The topological polar surface area (TPSA) is 99.6 Å². The molecule has 5 aromatic rings. The summed E-state index contributed by atoms with van der Waals surface area (Å²) >= 11 is 0. The number of fused-ring (bicyclic) bond motifs is 1. The van der Waals surface area contributed by atoms with Gasteiger partial charge in [0.15, 0.2) is 0 Å². The highest BCUT2D eigenvalue weighted by Crippen LogP contribution is 2.29. The molecule has 6 rings (SSSR count). The molecule has 40 heavy (non-hydrogen) atoms. The number of benzene rings is 2. The summed E-state index contributed by atoms with van der Waals surface area (Å²) in [5.74, 6) is -0.181. The van der Waals surface area contributed by atoms with Gasteiger partial charge in [-0.25, -0.2) is 23.5 Å². The van der Waals surface area contributed by atoms with E-state index in [1.54, 1.807) is 36.4 Å². The third kappa shape index (κ3) is 5.17. The van der Waals surface area contributed by atoms with Gasteiger partial charge in [-0.3, -0.25) is 0 Å². The Labute approximate surface area is 227 Å². The lowest BCUT2D eigenvalue weighted by Gasteiger charge is -2.27. The zero-order valence-corrected chi connectivity index (χ0v) is 21.6. The summed E-state index contributed by atoms with van der Waals surface area (Å²) < 4.78 is 49.3. The van der Waals surface area contributed by atoms with Crippen LogP contribution in [0.5, 0.6) is 5.88 Å². The number of hydrogen-bond acceptors (Lipinski definition) is 6. The Morgan fingerprint density at radius 2 is 1.95 bits per heavy atom. The van der Waals surface area contributed by atoms with Crippen molar-refractivity contribution in [3.63, 3.8) is 0 Å². The van der Waals surface area contributed by atoms with Crippen molar-refractivity contribution in [2.24, 2.45) is 0 Å². The van der Waals surface area contributed by atoms with Gasteiger partial charge < -0.3 is 23.6 Å². The second kappa shape index (κ2) is 10.5. The number of ether oxygens (including phenoxy) is 2. The first-order chi connectivity index (χ1) is 19.3. The Morgan fingerprint density at radius 1 is 1.10 bits per heavy atom. The SMILES string of the molecule is Cc1ccc(COc2cccc(-c3cc(F)c(Cc4nc5ccc(C(=O)O)cc5n4C[C@@H]4CCO4)cc3F)n2)o1. The number of aryl methyl sites for hydroxylation is 1. The molecule has 1 N–H and O–H groups in total. The summed E-state index contributed by atoms with van der Waals surface area (Å²) in [6, 6.07) is 15.4. The van der Waals surface area contributed by atoms with Crippen LogP contribution in [0.25, 0.3) is 22.3 Å². The van der Waals surface area contributed by atoms with Crippen LogP contribution in [0.15, 0.2) is 65.1 Å². The lowest BCUT2D eigenvalue weighted by atomic mass is 10.0. The minimum atomic E-state index is -1.06. The van der Waals surface area contributed by atoms with E-state index in [-0.39, 0.29) is 47.4 Å². The van der Waals surface area contributed by atoms with E-state index in [1.807, 2.05) is 17.6 Å². The summed E-state index contributed by atoms with van der Waals surface area (Å²) in [5.41, 5.74) is 1.64. The molecule has 4 heterocycles. The van der Waals surface area contributed by atoms with Crippen molar-refractivity contribution in [2.45, 2.75) is 39.0 Å². The molecule has 0 bridgehead atoms. The minimum Gasteiger partial charge on any atom is -0.478 e. The fourth-order valence-corrected chi connectivity index (χ4v) is 4.72. The van der Waals surface area contributed by atoms with Gasteiger partial charge in [0.05, 0.1) is 34.9 Å². The Morgan fingerprint density at radius 3 is 2.67 bits per heavy atom. The molecular formula is C30H25F2N3O5. The van der Waals surface area contributed by atoms with Crippen molar-refractivity contribution < 1.29 is 32.6 Å². The zero-order chi connectivity index (χ0) is 27.8. The number of furan rings is 1. The predicted molar refractivity (Wildman–Crippen MR) is 141 cm³/mol. The van der Waals surface area contributed by atoms with Crippen LogP contribution in [0.4, 0.5) is 8.78 Å². The van der Waals surface area contributed by atoms with E-state index in [4.69, 9.17) is 13.9 Å². The van der Waals surface area contributed by atoms with E-state index in [0.717, 1.165) is 24.3 Å². The number of halogens is 2. The number of rotatable bonds is 9. The number of hydrogen-bond donors (Lipinski definition) is 1. The van der Waals surface area contributed by atoms with Gasteiger partial charge in [0.25, 0.3) is 0 Å². The van der Waals surface area contributed by atoms with Gasteiger partial charge in [-0.2, -0.15) is 0 Å². The number of carboxylic acid groups (broad SMARTS) is 1. The number of aromatic carboxylic acids is 1. The van der Waals surface area contributed by atoms with E-state index in [9.17, 15) is 9.90 Å². The first-order valence-corrected chi connectivity index (χ1v) is 12.8. The Balaban J connectivity index is 1.28. The lowest BCUT2D eigenvalue weighted by Crippen LogP contribution is -2.31. The quantitative estimate of drug-likeness (QED) is 0.245. The highest BCUT2D eigenvalue weighted by atomic mass is 19.1. The fraction of sp³-hybridized carbons (Fsp3) is 0.233. The van der Waals surface area contributed by atoms with Crippen LogP contribution in [0.3, 0.4) is 0 Å². The summed E-state index contributed by atoms with van der Waals surface area (Å²) in [5, 5.41) is 9.44. The number of carbonyl (C=O) groups is 1. The second-order valence-electron chi connectivity index (χ2n) is 9.69. The molecule has 1 atom stereocenters. The van der Waals surface area contributed by atoms with Crippen LogP contribution >= 0.6 is 0 Å². The van der Waals surface area contributed by atoms with E-state index in [1.165, 1.54) is 6.07 Å². The molecule has 0 amide bonds. The maximum Gasteiger partial charge on any atom is 0.335 e. The highest BCUT2D eigenvalue weighted by Gasteiger charge is 2.23. The van der Waals surface area contributed by atoms with Gasteiger partial charge in [0.2, 0.25) is 5.88 Å². The average Bonchev–Trinajstić information content (AvgIpc) is 3.49. The molecule has 204 valence electrons. The van der Waals surface area contributed by atoms with Crippen LogP contribution in [0, 0.1) is 18.6 Å². The summed E-state index contributed by atoms with van der Waals surface area (Å²) in [6.07, 6.45) is 0.809. The molecule has 10 heteroatoms. The average molecular weight is 546 g/mol. The molecule has 3 aromatic heterocycles. The molecule has 0 spiro atoms. The lowest BCUT2D eigenvalue weighted by molar-refractivity contribution is -0.0589. The third-order valence-electron chi connectivity index (χ3n) is 6.90. The minimum absolute atomic E-state index is 0.00279. The maximum atomic E-state index is 15.4. The Kier molecular flexibility index (Phi) is 6.77. The first kappa shape index (κ1) is 25.7. The Bertz CT molecular complexity index is 1720. The van der Waals surface area contributed by atoms with E-state index in [0.29, 0.717) is 35.8 Å². The molecule has 1 aliphatic rings. The second-order valence-corrected chi connectivity index (χ2v) is 9.69. The molecule has 0 radical (unpaired) electrons. The first-order valence-electron chi connectivity index (χ1n) is 12.8. The van der Waals surface area contributed by atoms with Gasteiger partial charge in [0.1, 0.15) is 35.6 Å². The number of imidazole rings is 1. The van der Waals surface area contributed by atoms with Crippen molar-refractivity contribution in [3.05, 3.63) is 101 Å². The van der Waals surface area contributed by atoms with Gasteiger partial charge >= 0.3 is 5.97 Å². The fourth-order valence-electron chi connectivity index (χ4n) is 4.72. The molecule has 1 saturated heterocycles. The van der Waals surface area contributed by atoms with Crippen LogP contribution in [-0.2, 0) is 24.3 Å². The molecule has 0 saturated carbocycles. The van der Waals surface area contributed by atoms with Crippen LogP contribution in [-0.4, -0.2) is 38.3 Å². The predicted octanol–water partition coefficient (Wildman–Crippen LogP) is 5.93. The monoisotopic (exact) mass is 545 g/mol. The van der Waals surface area contributed by atoms with Crippen molar-refractivity contribution in [1.82, 2.24) is 14.5 Å².